The first-order chi connectivity index (χ1) is 11.3. The number of imidazole rings is 1. The number of nitrogens with zero attached hydrogens (tertiary/aromatic N) is 3. The predicted molar refractivity (Wildman–Crippen MR) is 88.3 cm³/mol. The van der Waals surface area contributed by atoms with Crippen LogP contribution in [0.4, 0.5) is 0 Å². The van der Waals surface area contributed by atoms with Gasteiger partial charge in [-0.05, 0) is 32.2 Å². The van der Waals surface area contributed by atoms with Crippen LogP contribution in [0.3, 0.4) is 0 Å². The van der Waals surface area contributed by atoms with Gasteiger partial charge in [0.05, 0.1) is 13.2 Å². The Morgan fingerprint density at radius 1 is 1.30 bits per heavy atom. The Labute approximate surface area is 138 Å². The van der Waals surface area contributed by atoms with E-state index in [0.717, 1.165) is 77.4 Å². The number of carbonyl (C=O) groups is 1. The summed E-state index contributed by atoms with van der Waals surface area (Å²) in [4.78, 5) is 24.4. The summed E-state index contributed by atoms with van der Waals surface area (Å²) in [6.45, 7) is 6.57. The standard InChI is InChI=1S/C17H28N4O2/c22-16(5-1-2-8-20-10-12-23-13-11-20)21-9-3-4-15(14-21)17-18-6-7-19-17/h6-7,15H,1-5,8-14H2,(H,18,19). The number of ether oxygens (including phenoxy) is 1. The monoisotopic (exact) mass is 320 g/mol. The number of nitrogens with one attached hydrogen (secondary N) is 1. The quantitative estimate of drug-likeness (QED) is 0.809. The predicted octanol–water partition coefficient (Wildman–Crippen LogP) is 1.62. The van der Waals surface area contributed by atoms with Crippen LogP contribution in [-0.2, 0) is 9.53 Å². The molecule has 2 aliphatic rings. The van der Waals surface area contributed by atoms with Gasteiger partial charge in [0.1, 0.15) is 5.82 Å². The van der Waals surface area contributed by atoms with Crippen molar-refractivity contribution in [1.29, 1.82) is 0 Å². The minimum atomic E-state index is 0.309. The molecule has 1 aromatic heterocycles. The largest absolute Gasteiger partial charge is 0.379 e. The molecule has 1 amide bonds. The van der Waals surface area contributed by atoms with Crippen LogP contribution in [0.2, 0.25) is 0 Å². The van der Waals surface area contributed by atoms with Gasteiger partial charge in [-0.1, -0.05) is 0 Å². The summed E-state index contributed by atoms with van der Waals surface area (Å²) in [5.41, 5.74) is 0. The van der Waals surface area contributed by atoms with Gasteiger partial charge in [-0.3, -0.25) is 9.69 Å². The van der Waals surface area contributed by atoms with Crippen LogP contribution in [0.25, 0.3) is 0 Å². The molecule has 6 heteroatoms. The van der Waals surface area contributed by atoms with Crippen molar-refractivity contribution in [1.82, 2.24) is 19.8 Å². The number of hydrogen-bond acceptors (Lipinski definition) is 4. The summed E-state index contributed by atoms with van der Waals surface area (Å²) in [7, 11) is 0. The zero-order valence-electron chi connectivity index (χ0n) is 13.9. The zero-order valence-corrected chi connectivity index (χ0v) is 13.9. The third kappa shape index (κ3) is 4.78. The number of aromatic amines is 1. The molecule has 128 valence electrons. The molecule has 0 radical (unpaired) electrons. The number of carbonyl (C=O) groups excluding carboxylic acids is 1. The summed E-state index contributed by atoms with van der Waals surface area (Å²) in [6, 6.07) is 0. The van der Waals surface area contributed by atoms with Crippen molar-refractivity contribution in [3.63, 3.8) is 0 Å². The van der Waals surface area contributed by atoms with Crippen LogP contribution in [0.15, 0.2) is 12.4 Å². The number of H-pyrrole nitrogens is 1. The molecular weight excluding hydrogens is 292 g/mol. The van der Waals surface area contributed by atoms with Crippen molar-refractivity contribution >= 4 is 5.91 Å². The number of rotatable bonds is 6. The molecule has 0 spiro atoms. The maximum Gasteiger partial charge on any atom is 0.222 e. The first-order valence-corrected chi connectivity index (χ1v) is 8.90. The Bertz CT molecular complexity index is 471. The van der Waals surface area contributed by atoms with Crippen LogP contribution in [0.1, 0.15) is 43.8 Å². The average Bonchev–Trinajstić information content (AvgIpc) is 3.14. The van der Waals surface area contributed by atoms with Gasteiger partial charge in [-0.15, -0.1) is 0 Å². The van der Waals surface area contributed by atoms with Gasteiger partial charge in [0.25, 0.3) is 0 Å². The normalized spacial score (nSPS) is 23.1. The van der Waals surface area contributed by atoms with E-state index in [4.69, 9.17) is 4.74 Å². The van der Waals surface area contributed by atoms with Gasteiger partial charge in [0.2, 0.25) is 5.91 Å². The van der Waals surface area contributed by atoms with Crippen molar-refractivity contribution in [2.45, 2.75) is 38.0 Å². The first kappa shape index (κ1) is 16.5. The van der Waals surface area contributed by atoms with E-state index in [1.165, 1.54) is 0 Å². The van der Waals surface area contributed by atoms with Crippen molar-refractivity contribution in [3.05, 3.63) is 18.2 Å². The van der Waals surface area contributed by atoms with E-state index in [1.807, 2.05) is 11.1 Å². The molecule has 3 heterocycles. The summed E-state index contributed by atoms with van der Waals surface area (Å²) in [6.07, 6.45) is 8.61. The molecule has 23 heavy (non-hydrogen) atoms. The molecule has 0 aromatic carbocycles. The zero-order chi connectivity index (χ0) is 15.9. The number of piperidine rings is 1. The van der Waals surface area contributed by atoms with E-state index >= 15 is 0 Å². The fourth-order valence-corrected chi connectivity index (χ4v) is 3.52. The smallest absolute Gasteiger partial charge is 0.222 e. The van der Waals surface area contributed by atoms with Gasteiger partial charge in [-0.2, -0.15) is 0 Å². The fourth-order valence-electron chi connectivity index (χ4n) is 3.52. The minimum Gasteiger partial charge on any atom is -0.379 e. The molecule has 2 saturated heterocycles. The van der Waals surface area contributed by atoms with E-state index in [2.05, 4.69) is 14.9 Å². The minimum absolute atomic E-state index is 0.309. The maximum absolute atomic E-state index is 12.4. The molecule has 2 fully saturated rings. The highest BCUT2D eigenvalue weighted by molar-refractivity contribution is 5.76. The maximum atomic E-state index is 12.4. The van der Waals surface area contributed by atoms with Gasteiger partial charge in [0, 0.05) is 50.9 Å². The number of hydrogen-bond donors (Lipinski definition) is 1. The third-order valence-corrected chi connectivity index (χ3v) is 4.90. The highest BCUT2D eigenvalue weighted by Crippen LogP contribution is 2.24. The second kappa shape index (κ2) is 8.45. The van der Waals surface area contributed by atoms with Crippen LogP contribution < -0.4 is 0 Å². The second-order valence-corrected chi connectivity index (χ2v) is 6.56. The van der Waals surface area contributed by atoms with E-state index in [0.29, 0.717) is 18.2 Å². The SMILES string of the molecule is O=C(CCCCN1CCOCC1)N1CCCC(c2ncc[nH]2)C1. The molecule has 1 N–H and O–H groups in total. The van der Waals surface area contributed by atoms with Crippen LogP contribution in [-0.4, -0.2) is 71.6 Å². The Morgan fingerprint density at radius 2 is 2.17 bits per heavy atom. The lowest BCUT2D eigenvalue weighted by Crippen LogP contribution is -2.39. The molecule has 1 atom stereocenters. The molecule has 3 rings (SSSR count). The van der Waals surface area contributed by atoms with Crippen molar-refractivity contribution < 1.29 is 9.53 Å². The Balaban J connectivity index is 1.36. The van der Waals surface area contributed by atoms with Crippen molar-refractivity contribution in [3.8, 4) is 0 Å². The van der Waals surface area contributed by atoms with Crippen molar-refractivity contribution in [2.75, 3.05) is 45.9 Å². The molecule has 0 aliphatic carbocycles. The fraction of sp³-hybridized carbons (Fsp3) is 0.765. The molecule has 2 aliphatic heterocycles. The lowest BCUT2D eigenvalue weighted by Gasteiger charge is -2.32. The summed E-state index contributed by atoms with van der Waals surface area (Å²) >= 11 is 0. The number of amides is 1. The molecule has 1 aromatic rings. The van der Waals surface area contributed by atoms with E-state index < -0.39 is 0 Å². The Hall–Kier alpha value is -1.40. The van der Waals surface area contributed by atoms with Crippen LogP contribution >= 0.6 is 0 Å². The number of morpholine rings is 1. The summed E-state index contributed by atoms with van der Waals surface area (Å²) in [5.74, 6) is 1.70. The lowest BCUT2D eigenvalue weighted by molar-refractivity contribution is -0.132. The van der Waals surface area contributed by atoms with Crippen LogP contribution in [0.5, 0.6) is 0 Å². The molecule has 0 saturated carbocycles. The van der Waals surface area contributed by atoms with E-state index in [-0.39, 0.29) is 0 Å². The van der Waals surface area contributed by atoms with Crippen LogP contribution in [0, 0.1) is 0 Å². The van der Waals surface area contributed by atoms with Gasteiger partial charge in [0.15, 0.2) is 0 Å². The molecule has 6 nitrogen and oxygen atoms in total. The summed E-state index contributed by atoms with van der Waals surface area (Å²) in [5, 5.41) is 0. The number of unbranched alkanes of at least 4 members (excludes halogenated alkanes) is 1. The first-order valence-electron chi connectivity index (χ1n) is 8.90. The lowest BCUT2D eigenvalue weighted by atomic mass is 9.97. The summed E-state index contributed by atoms with van der Waals surface area (Å²) < 4.78 is 5.35. The van der Waals surface area contributed by atoms with Gasteiger partial charge < -0.3 is 14.6 Å². The topological polar surface area (TPSA) is 61.5 Å². The Morgan fingerprint density at radius 3 is 2.96 bits per heavy atom. The van der Waals surface area contributed by atoms with Gasteiger partial charge >= 0.3 is 0 Å². The molecule has 0 bridgehead atoms. The third-order valence-electron chi connectivity index (χ3n) is 4.90. The number of likely N-dealkylation sites (tertiary alicyclic amines) is 1. The number of aromatic nitrogens is 2. The highest BCUT2D eigenvalue weighted by Gasteiger charge is 2.25. The highest BCUT2D eigenvalue weighted by atomic mass is 16.5. The van der Waals surface area contributed by atoms with Gasteiger partial charge in [-0.25, -0.2) is 4.98 Å². The second-order valence-electron chi connectivity index (χ2n) is 6.56. The van der Waals surface area contributed by atoms with E-state index in [9.17, 15) is 4.79 Å². The molecule has 1 unspecified atom stereocenters. The Kier molecular flexibility index (Phi) is 6.05. The molecular formula is C17H28N4O2. The van der Waals surface area contributed by atoms with Crippen molar-refractivity contribution in [2.24, 2.45) is 0 Å². The average molecular weight is 320 g/mol. The van der Waals surface area contributed by atoms with E-state index in [1.54, 1.807) is 6.20 Å².